The van der Waals surface area contributed by atoms with E-state index in [1.807, 2.05) is 6.92 Å². The van der Waals surface area contributed by atoms with E-state index in [2.05, 4.69) is 36.6 Å². The van der Waals surface area contributed by atoms with E-state index in [1.165, 1.54) is 12.8 Å². The zero-order valence-electron chi connectivity index (χ0n) is 8.63. The second-order valence-corrected chi connectivity index (χ2v) is 3.56. The van der Waals surface area contributed by atoms with E-state index < -0.39 is 0 Å². The van der Waals surface area contributed by atoms with Gasteiger partial charge in [-0.3, -0.25) is 5.43 Å². The van der Waals surface area contributed by atoms with Gasteiger partial charge >= 0.3 is 0 Å². The van der Waals surface area contributed by atoms with Crippen molar-refractivity contribution in [1.82, 2.24) is 5.43 Å². The van der Waals surface area contributed by atoms with Gasteiger partial charge in [0.1, 0.15) is 0 Å². The van der Waals surface area contributed by atoms with Gasteiger partial charge in [0.25, 0.3) is 0 Å². The number of nitrogens with two attached hydrogens (primary N) is 1. The zero-order valence-corrected chi connectivity index (χ0v) is 9.45. The Labute approximate surface area is 85.8 Å². The van der Waals surface area contributed by atoms with Crippen molar-refractivity contribution in [3.63, 3.8) is 0 Å². The van der Waals surface area contributed by atoms with Gasteiger partial charge in [0.05, 0.1) is 0 Å². The zero-order chi connectivity index (χ0) is 10.3. The molecule has 3 nitrogen and oxygen atoms in total. The van der Waals surface area contributed by atoms with Gasteiger partial charge in [0.2, 0.25) is 0 Å². The number of nitrogens with zero attached hydrogens (tertiary/aromatic N) is 1. The lowest BCUT2D eigenvalue weighted by Crippen LogP contribution is -2.26. The Morgan fingerprint density at radius 2 is 2.15 bits per heavy atom. The van der Waals surface area contributed by atoms with Gasteiger partial charge < -0.3 is 5.73 Å². The van der Waals surface area contributed by atoms with Crippen molar-refractivity contribution in [3.8, 4) is 0 Å². The lowest BCUT2D eigenvalue weighted by atomic mass is 9.96. The number of nitrogens with one attached hydrogen (secondary N) is 1. The second kappa shape index (κ2) is 6.83. The molecule has 76 valence electrons. The van der Waals surface area contributed by atoms with Crippen molar-refractivity contribution in [1.29, 1.82) is 0 Å². The van der Waals surface area contributed by atoms with Crippen LogP contribution in [0.15, 0.2) is 5.10 Å². The summed E-state index contributed by atoms with van der Waals surface area (Å²) in [6.07, 6.45) is 3.46. The van der Waals surface area contributed by atoms with Crippen LogP contribution in [0, 0.1) is 5.92 Å². The molecule has 0 saturated carbocycles. The molecule has 0 fully saturated rings. The minimum atomic E-state index is 0.228. The van der Waals surface area contributed by atoms with Crippen molar-refractivity contribution in [2.24, 2.45) is 16.8 Å². The van der Waals surface area contributed by atoms with Gasteiger partial charge in [-0.1, -0.05) is 20.3 Å². The first-order valence-electron chi connectivity index (χ1n) is 4.71. The summed E-state index contributed by atoms with van der Waals surface area (Å²) in [5.41, 5.74) is 8.97. The number of hydrazone groups is 1. The fourth-order valence-electron chi connectivity index (χ4n) is 1.29. The van der Waals surface area contributed by atoms with Crippen molar-refractivity contribution >= 4 is 23.0 Å². The summed E-state index contributed by atoms with van der Waals surface area (Å²) in [6.45, 7) is 6.35. The largest absolute Gasteiger partial charge is 0.375 e. The molecule has 0 aromatic rings. The molecule has 0 aliphatic rings. The molecule has 0 aliphatic carbocycles. The van der Waals surface area contributed by atoms with Crippen molar-refractivity contribution < 1.29 is 0 Å². The van der Waals surface area contributed by atoms with Crippen LogP contribution in [-0.4, -0.2) is 10.8 Å². The Bertz CT molecular complexity index is 189. The molecule has 0 saturated heterocycles. The monoisotopic (exact) mass is 201 g/mol. The van der Waals surface area contributed by atoms with E-state index in [4.69, 9.17) is 5.73 Å². The Hall–Kier alpha value is -0.640. The maximum absolute atomic E-state index is 5.27. The van der Waals surface area contributed by atoms with Gasteiger partial charge in [-0.15, -0.1) is 0 Å². The van der Waals surface area contributed by atoms with Gasteiger partial charge in [-0.05, 0) is 37.9 Å². The average Bonchev–Trinajstić information content (AvgIpc) is 2.10. The molecule has 1 atom stereocenters. The highest BCUT2D eigenvalue weighted by Gasteiger charge is 2.08. The molecule has 0 aliphatic heterocycles. The molecule has 0 heterocycles. The second-order valence-electron chi connectivity index (χ2n) is 3.12. The highest BCUT2D eigenvalue weighted by Crippen LogP contribution is 2.12. The van der Waals surface area contributed by atoms with Gasteiger partial charge in [0.15, 0.2) is 5.11 Å². The molecular weight excluding hydrogens is 182 g/mol. The Morgan fingerprint density at radius 3 is 2.54 bits per heavy atom. The minimum absolute atomic E-state index is 0.228. The lowest BCUT2D eigenvalue weighted by molar-refractivity contribution is 0.589. The van der Waals surface area contributed by atoms with E-state index >= 15 is 0 Å². The van der Waals surface area contributed by atoms with Crippen LogP contribution in [0.2, 0.25) is 0 Å². The van der Waals surface area contributed by atoms with E-state index in [0.29, 0.717) is 5.92 Å². The molecule has 1 unspecified atom stereocenters. The molecule has 0 rings (SSSR count). The highest BCUT2D eigenvalue weighted by atomic mass is 32.1. The Morgan fingerprint density at radius 1 is 1.54 bits per heavy atom. The lowest BCUT2D eigenvalue weighted by Gasteiger charge is -2.12. The van der Waals surface area contributed by atoms with Crippen LogP contribution in [0.5, 0.6) is 0 Å². The summed E-state index contributed by atoms with van der Waals surface area (Å²) in [5, 5.41) is 4.34. The minimum Gasteiger partial charge on any atom is -0.375 e. The molecule has 0 bridgehead atoms. The first-order chi connectivity index (χ1) is 6.11. The Balaban J connectivity index is 4.09. The first-order valence-corrected chi connectivity index (χ1v) is 5.12. The summed E-state index contributed by atoms with van der Waals surface area (Å²) in [7, 11) is 0. The SMILES string of the molecule is CCCC(CC)/C(C)=N\NC(N)=S. The highest BCUT2D eigenvalue weighted by molar-refractivity contribution is 7.80. The standard InChI is InChI=1S/C9H19N3S/c1-4-6-8(5-2)7(3)11-12-9(10)13/h8H,4-6H2,1-3H3,(H3,10,12,13)/b11-7-. The van der Waals surface area contributed by atoms with Crippen molar-refractivity contribution in [3.05, 3.63) is 0 Å². The van der Waals surface area contributed by atoms with Gasteiger partial charge in [-0.2, -0.15) is 5.10 Å². The summed E-state index contributed by atoms with van der Waals surface area (Å²) >= 11 is 4.66. The average molecular weight is 201 g/mol. The summed E-state index contributed by atoms with van der Waals surface area (Å²) in [5.74, 6) is 0.548. The quantitative estimate of drug-likeness (QED) is 0.406. The van der Waals surface area contributed by atoms with E-state index in [0.717, 1.165) is 12.1 Å². The molecule has 0 aromatic heterocycles. The van der Waals surface area contributed by atoms with Crippen LogP contribution in [-0.2, 0) is 0 Å². The smallest absolute Gasteiger partial charge is 0.184 e. The van der Waals surface area contributed by atoms with Gasteiger partial charge in [0, 0.05) is 5.71 Å². The third-order valence-corrected chi connectivity index (χ3v) is 2.15. The Kier molecular flexibility index (Phi) is 6.49. The van der Waals surface area contributed by atoms with E-state index in [1.54, 1.807) is 0 Å². The summed E-state index contributed by atoms with van der Waals surface area (Å²) < 4.78 is 0. The van der Waals surface area contributed by atoms with Crippen molar-refractivity contribution in [2.45, 2.75) is 40.0 Å². The fourth-order valence-corrected chi connectivity index (χ4v) is 1.34. The number of thiocarbonyl (C=S) groups is 1. The summed E-state index contributed by atoms with van der Waals surface area (Å²) in [6, 6.07) is 0. The molecule has 13 heavy (non-hydrogen) atoms. The molecule has 0 spiro atoms. The third kappa shape index (κ3) is 5.58. The predicted octanol–water partition coefficient (Wildman–Crippen LogP) is 2.02. The molecule has 0 amide bonds. The fraction of sp³-hybridized carbons (Fsp3) is 0.778. The molecule has 3 N–H and O–H groups in total. The summed E-state index contributed by atoms with van der Waals surface area (Å²) in [4.78, 5) is 0. The molecule has 0 aromatic carbocycles. The third-order valence-electron chi connectivity index (χ3n) is 2.06. The van der Waals surface area contributed by atoms with Crippen LogP contribution in [0.4, 0.5) is 0 Å². The van der Waals surface area contributed by atoms with Crippen LogP contribution in [0.25, 0.3) is 0 Å². The van der Waals surface area contributed by atoms with Crippen molar-refractivity contribution in [2.75, 3.05) is 0 Å². The van der Waals surface area contributed by atoms with E-state index in [9.17, 15) is 0 Å². The van der Waals surface area contributed by atoms with Crippen LogP contribution >= 0.6 is 12.2 Å². The molecule has 0 radical (unpaired) electrons. The van der Waals surface area contributed by atoms with Crippen LogP contribution in [0.3, 0.4) is 0 Å². The predicted molar refractivity (Wildman–Crippen MR) is 61.7 cm³/mol. The maximum atomic E-state index is 5.27. The van der Waals surface area contributed by atoms with E-state index in [-0.39, 0.29) is 5.11 Å². The van der Waals surface area contributed by atoms with Crippen LogP contribution < -0.4 is 11.2 Å². The normalized spacial score (nSPS) is 13.9. The van der Waals surface area contributed by atoms with Gasteiger partial charge in [-0.25, -0.2) is 0 Å². The number of hydrogen-bond donors (Lipinski definition) is 2. The first kappa shape index (κ1) is 12.4. The number of rotatable bonds is 5. The topological polar surface area (TPSA) is 50.4 Å². The maximum Gasteiger partial charge on any atom is 0.184 e. The number of hydrogen-bond acceptors (Lipinski definition) is 2. The molecule has 4 heteroatoms. The molecular formula is C9H19N3S. The van der Waals surface area contributed by atoms with Crippen LogP contribution in [0.1, 0.15) is 40.0 Å².